The van der Waals surface area contributed by atoms with Crippen LogP contribution in [0.25, 0.3) is 0 Å². The molecule has 0 aliphatic heterocycles. The Morgan fingerprint density at radius 2 is 1.02 bits per heavy atom. The van der Waals surface area contributed by atoms with Crippen LogP contribution in [0.3, 0.4) is 0 Å². The number of hydrogen-bond acceptors (Lipinski definition) is 7. The van der Waals surface area contributed by atoms with Gasteiger partial charge in [-0.2, -0.15) is 69.9 Å². The van der Waals surface area contributed by atoms with Crippen molar-refractivity contribution in [2.45, 2.75) is 88.1 Å². The number of alkyl halides is 14. The fourth-order valence-electron chi connectivity index (χ4n) is 6.15. The molecule has 0 bridgehead atoms. The zero-order valence-corrected chi connectivity index (χ0v) is 32.7. The van der Waals surface area contributed by atoms with E-state index in [1.807, 2.05) is 0 Å². The minimum Gasteiger partial charge on any atom is -0.459 e. The van der Waals surface area contributed by atoms with Crippen LogP contribution in [0.1, 0.15) is 24.8 Å². The summed E-state index contributed by atoms with van der Waals surface area (Å²) in [6.07, 6.45) is -36.0. The maximum Gasteiger partial charge on any atom is 0.426 e. The fraction of sp³-hybridized carbons (Fsp3) is 0.432. The number of halogens is 14. The van der Waals surface area contributed by atoms with Gasteiger partial charge in [0.05, 0.1) is 23.1 Å². The Kier molecular flexibility index (Phi) is 15.8. The Bertz CT molecular complexity index is 1930. The third-order valence-electron chi connectivity index (χ3n) is 9.27. The molecule has 3 aromatic rings. The van der Waals surface area contributed by atoms with Crippen LogP contribution in [-0.4, -0.2) is 89.6 Å². The third-order valence-corrected chi connectivity index (χ3v) is 12.4. The summed E-state index contributed by atoms with van der Waals surface area (Å²) in [4.78, 5) is 16.2. The molecule has 1 fully saturated rings. The molecule has 1 saturated carbocycles. The molecule has 1 aliphatic rings. The molecule has 4 rings (SSSR count). The maximum atomic E-state index is 13.4. The van der Waals surface area contributed by atoms with Crippen LogP contribution >= 0.6 is 0 Å². The summed E-state index contributed by atoms with van der Waals surface area (Å²) >= 11 is 0. The standard InChI is InChI=1S/C19H17S.C18H18F14O8S/c1-16-12-14-19(15-13-16)20(17-8-4-2-5-9-17)18-10-6-3-7-11-18;1-7(5-39-6-12(19,20)41(36,37)38)11(33)40-10-3-8(13(34,15(21,22)23)16(24,25)26)2-9(4-10)14(35,17(27,28)29)18(30,31)32/h2-15H,1H3;8-10,34-35H,1-6H2,(H,36,37,38)/q+1;. The zero-order valence-electron chi connectivity index (χ0n) is 31.0. The van der Waals surface area contributed by atoms with Gasteiger partial charge in [-0.25, -0.2) is 4.79 Å². The molecule has 2 atom stereocenters. The number of hydrogen-bond donors (Lipinski definition) is 3. The molecule has 8 nitrogen and oxygen atoms in total. The van der Waals surface area contributed by atoms with E-state index in [0.29, 0.717) is 0 Å². The SMILES string of the molecule is C=C(COCC(F)(F)S(=O)(=O)O)C(=O)OC1CC(C(O)(C(F)(F)F)C(F)(F)F)CC(C(O)(C(F)(F)F)C(F)(F)F)C1.Cc1ccc([S+](c2ccccc2)c2ccccc2)cc1. The van der Waals surface area contributed by atoms with Crippen molar-refractivity contribution >= 4 is 27.0 Å². The normalized spacial score (nSPS) is 18.6. The number of aryl methyl sites for hydroxylation is 1. The van der Waals surface area contributed by atoms with Gasteiger partial charge in [-0.1, -0.05) is 60.7 Å². The van der Waals surface area contributed by atoms with Gasteiger partial charge in [0.25, 0.3) is 11.2 Å². The van der Waals surface area contributed by atoms with Crippen LogP contribution in [-0.2, 0) is 35.3 Å². The number of aliphatic hydroxyl groups is 2. The van der Waals surface area contributed by atoms with E-state index in [-0.39, 0.29) is 10.9 Å². The largest absolute Gasteiger partial charge is 0.459 e. The molecule has 0 radical (unpaired) electrons. The molecule has 0 amide bonds. The lowest BCUT2D eigenvalue weighted by Crippen LogP contribution is -2.67. The van der Waals surface area contributed by atoms with Gasteiger partial charge in [0, 0.05) is 11.8 Å². The number of rotatable bonds is 12. The van der Waals surface area contributed by atoms with Crippen molar-refractivity contribution < 1.29 is 98.9 Å². The average Bonchev–Trinajstić information content (AvgIpc) is 3.13. The monoisotopic (exact) mass is 937 g/mol. The van der Waals surface area contributed by atoms with E-state index in [1.54, 1.807) is 0 Å². The fourth-order valence-corrected chi connectivity index (χ4v) is 8.47. The van der Waals surface area contributed by atoms with Crippen LogP contribution in [0.2, 0.25) is 0 Å². The summed E-state index contributed by atoms with van der Waals surface area (Å²) in [5.74, 6) is -9.31. The topological polar surface area (TPSA) is 130 Å². The molecule has 2 unspecified atom stereocenters. The van der Waals surface area contributed by atoms with E-state index in [0.717, 1.165) is 0 Å². The Morgan fingerprint density at radius 3 is 1.36 bits per heavy atom. The van der Waals surface area contributed by atoms with Crippen LogP contribution in [0.5, 0.6) is 0 Å². The number of esters is 1. The second-order valence-corrected chi connectivity index (χ2v) is 17.2. The zero-order chi connectivity index (χ0) is 46.6. The predicted octanol–water partition coefficient (Wildman–Crippen LogP) is 9.17. The second-order valence-electron chi connectivity index (χ2n) is 13.6. The lowest BCUT2D eigenvalue weighted by Gasteiger charge is -2.48. The molecule has 340 valence electrons. The Morgan fingerprint density at radius 1 is 0.656 bits per heavy atom. The summed E-state index contributed by atoms with van der Waals surface area (Å²) in [6, 6.07) is 30.4. The first-order chi connectivity index (χ1) is 27.7. The first-order valence-electron chi connectivity index (χ1n) is 17.1. The van der Waals surface area contributed by atoms with Crippen LogP contribution in [0, 0.1) is 18.8 Å². The molecule has 0 spiro atoms. The van der Waals surface area contributed by atoms with Crippen LogP contribution in [0.15, 0.2) is 112 Å². The van der Waals surface area contributed by atoms with Crippen molar-refractivity contribution in [2.75, 3.05) is 13.2 Å². The quantitative estimate of drug-likeness (QED) is 0.0540. The van der Waals surface area contributed by atoms with Crippen molar-refractivity contribution in [1.82, 2.24) is 0 Å². The summed E-state index contributed by atoms with van der Waals surface area (Å²) in [5.41, 5.74) is -11.8. The van der Waals surface area contributed by atoms with E-state index < -0.39 is 113 Å². The summed E-state index contributed by atoms with van der Waals surface area (Å²) in [7, 11) is -6.07. The van der Waals surface area contributed by atoms with Crippen molar-refractivity contribution in [3.05, 3.63) is 103 Å². The summed E-state index contributed by atoms with van der Waals surface area (Å²) in [5, 5.41) is 14.2. The summed E-state index contributed by atoms with van der Waals surface area (Å²) in [6.45, 7) is 1.32. The third kappa shape index (κ3) is 11.7. The first kappa shape index (κ1) is 51.4. The predicted molar refractivity (Wildman–Crippen MR) is 188 cm³/mol. The van der Waals surface area contributed by atoms with Crippen LogP contribution in [0.4, 0.5) is 61.5 Å². The number of carbonyl (C=O) groups is 1. The minimum absolute atomic E-state index is 0.0229. The highest BCUT2D eigenvalue weighted by Crippen LogP contribution is 2.58. The Hall–Kier alpha value is -3.97. The van der Waals surface area contributed by atoms with Gasteiger partial charge in [-0.15, -0.1) is 0 Å². The van der Waals surface area contributed by atoms with Crippen molar-refractivity contribution in [2.24, 2.45) is 11.8 Å². The molecular weight excluding hydrogens is 903 g/mol. The molecule has 3 aromatic carbocycles. The van der Waals surface area contributed by atoms with Gasteiger partial charge in [0.1, 0.15) is 12.7 Å². The molecule has 61 heavy (non-hydrogen) atoms. The lowest BCUT2D eigenvalue weighted by molar-refractivity contribution is -0.405. The van der Waals surface area contributed by atoms with E-state index in [1.165, 1.54) is 20.2 Å². The van der Waals surface area contributed by atoms with Gasteiger partial charge < -0.3 is 19.7 Å². The van der Waals surface area contributed by atoms with Crippen molar-refractivity contribution in [3.63, 3.8) is 0 Å². The molecule has 3 N–H and O–H groups in total. The van der Waals surface area contributed by atoms with Gasteiger partial charge in [-0.3, -0.25) is 4.55 Å². The minimum atomic E-state index is -6.77. The highest BCUT2D eigenvalue weighted by Gasteiger charge is 2.78. The molecule has 0 heterocycles. The van der Waals surface area contributed by atoms with E-state index in [4.69, 9.17) is 4.55 Å². The summed E-state index contributed by atoms with van der Waals surface area (Å²) < 4.78 is 224. The number of benzene rings is 3. The number of carbonyl (C=O) groups excluding carboxylic acids is 1. The maximum absolute atomic E-state index is 13.4. The highest BCUT2D eigenvalue weighted by molar-refractivity contribution is 7.97. The van der Waals surface area contributed by atoms with Gasteiger partial charge in [0.2, 0.25) is 0 Å². The number of ether oxygens (including phenoxy) is 2. The van der Waals surface area contributed by atoms with Gasteiger partial charge in [-0.05, 0) is 62.6 Å². The Balaban J connectivity index is 0.000000407. The van der Waals surface area contributed by atoms with Gasteiger partial charge in [0.15, 0.2) is 14.7 Å². The van der Waals surface area contributed by atoms with Crippen LogP contribution < -0.4 is 0 Å². The van der Waals surface area contributed by atoms with E-state index >= 15 is 0 Å². The second kappa shape index (κ2) is 18.8. The molecular formula is C37H35F14O8S2+. The molecule has 1 aliphatic carbocycles. The first-order valence-corrected chi connectivity index (χ1v) is 19.8. The lowest BCUT2D eigenvalue weighted by atomic mass is 9.65. The van der Waals surface area contributed by atoms with E-state index in [9.17, 15) is 84.9 Å². The Labute approximate surface area is 341 Å². The molecule has 0 aromatic heterocycles. The highest BCUT2D eigenvalue weighted by atomic mass is 32.2. The average molecular weight is 938 g/mol. The molecule has 24 heteroatoms. The van der Waals surface area contributed by atoms with E-state index in [2.05, 4.69) is 108 Å². The van der Waals surface area contributed by atoms with Crippen molar-refractivity contribution in [3.8, 4) is 0 Å². The van der Waals surface area contributed by atoms with Crippen molar-refractivity contribution in [1.29, 1.82) is 0 Å². The van der Waals surface area contributed by atoms with Gasteiger partial charge >= 0.3 is 46.0 Å². The smallest absolute Gasteiger partial charge is 0.426 e. The molecule has 0 saturated heterocycles.